The average Bonchev–Trinajstić information content (AvgIpc) is 2.95. The van der Waals surface area contributed by atoms with Gasteiger partial charge in [0.05, 0.1) is 35.9 Å². The lowest BCUT2D eigenvalue weighted by molar-refractivity contribution is 0.0940. The van der Waals surface area contributed by atoms with Crippen LogP contribution in [-0.4, -0.2) is 36.5 Å². The Balaban J connectivity index is 1.82. The van der Waals surface area contributed by atoms with E-state index in [1.807, 2.05) is 12.1 Å². The first-order valence-electron chi connectivity index (χ1n) is 7.16. The highest BCUT2D eigenvalue weighted by molar-refractivity contribution is 7.90. The standard InChI is InChI=1S/C15H16FN3O3S/c16-5-6-19-8-12(7-17-19)15(20)18-14-10-23(21,22)9-11-3-1-2-4-13(11)14/h1-4,7-8,14H,5-6,9-10H2,(H,18,20). The SMILES string of the molecule is O=C(NC1CS(=O)(=O)Cc2ccccc21)c1cnn(CCF)c1. The molecule has 8 heteroatoms. The topological polar surface area (TPSA) is 81.1 Å². The van der Waals surface area contributed by atoms with Crippen molar-refractivity contribution in [2.24, 2.45) is 0 Å². The first kappa shape index (κ1) is 15.7. The van der Waals surface area contributed by atoms with Gasteiger partial charge < -0.3 is 5.32 Å². The Bertz CT molecular complexity index is 832. The zero-order chi connectivity index (χ0) is 16.4. The van der Waals surface area contributed by atoms with Gasteiger partial charge in [-0.3, -0.25) is 9.48 Å². The number of carbonyl (C=O) groups excluding carboxylic acids is 1. The van der Waals surface area contributed by atoms with Gasteiger partial charge in [0.2, 0.25) is 0 Å². The van der Waals surface area contributed by atoms with Crippen molar-refractivity contribution < 1.29 is 17.6 Å². The summed E-state index contributed by atoms with van der Waals surface area (Å²) in [6, 6.07) is 6.57. The summed E-state index contributed by atoms with van der Waals surface area (Å²) in [6.07, 6.45) is 2.78. The van der Waals surface area contributed by atoms with Crippen molar-refractivity contribution in [3.8, 4) is 0 Å². The van der Waals surface area contributed by atoms with Gasteiger partial charge in [-0.15, -0.1) is 0 Å². The highest BCUT2D eigenvalue weighted by Gasteiger charge is 2.30. The second-order valence-corrected chi connectivity index (χ2v) is 7.57. The molecular formula is C15H16FN3O3S. The number of alkyl halides is 1. The predicted molar refractivity (Wildman–Crippen MR) is 82.3 cm³/mol. The summed E-state index contributed by atoms with van der Waals surface area (Å²) >= 11 is 0. The molecule has 0 radical (unpaired) electrons. The summed E-state index contributed by atoms with van der Waals surface area (Å²) in [5, 5.41) is 6.63. The molecule has 0 spiro atoms. The van der Waals surface area contributed by atoms with Gasteiger partial charge in [0.1, 0.15) is 6.67 Å². The maximum absolute atomic E-state index is 12.3. The molecule has 23 heavy (non-hydrogen) atoms. The Morgan fingerprint density at radius 1 is 1.39 bits per heavy atom. The first-order valence-corrected chi connectivity index (χ1v) is 8.98. The van der Waals surface area contributed by atoms with E-state index in [4.69, 9.17) is 0 Å². The number of aromatic nitrogens is 2. The molecule has 1 amide bonds. The fourth-order valence-corrected chi connectivity index (χ4v) is 4.32. The third-order valence-electron chi connectivity index (χ3n) is 3.74. The van der Waals surface area contributed by atoms with E-state index in [-0.39, 0.29) is 23.6 Å². The number of benzene rings is 1. The maximum Gasteiger partial charge on any atom is 0.254 e. The molecule has 6 nitrogen and oxygen atoms in total. The molecule has 1 unspecified atom stereocenters. The lowest BCUT2D eigenvalue weighted by Crippen LogP contribution is -2.36. The molecule has 1 N–H and O–H groups in total. The van der Waals surface area contributed by atoms with E-state index in [9.17, 15) is 17.6 Å². The minimum atomic E-state index is -3.26. The summed E-state index contributed by atoms with van der Waals surface area (Å²) in [6.45, 7) is -0.495. The van der Waals surface area contributed by atoms with E-state index in [1.54, 1.807) is 12.1 Å². The number of carbonyl (C=O) groups is 1. The van der Waals surface area contributed by atoms with E-state index in [0.717, 1.165) is 5.56 Å². The molecule has 2 heterocycles. The summed E-state index contributed by atoms with van der Waals surface area (Å²) in [5.74, 6) is -0.565. The molecule has 0 fully saturated rings. The van der Waals surface area contributed by atoms with Gasteiger partial charge in [0.25, 0.3) is 5.91 Å². The van der Waals surface area contributed by atoms with E-state index in [0.29, 0.717) is 5.56 Å². The van der Waals surface area contributed by atoms with Crippen molar-refractivity contribution in [1.82, 2.24) is 15.1 Å². The zero-order valence-corrected chi connectivity index (χ0v) is 13.1. The van der Waals surface area contributed by atoms with Crippen LogP contribution in [0.2, 0.25) is 0 Å². The minimum absolute atomic E-state index is 0.00994. The maximum atomic E-state index is 12.3. The molecule has 1 aromatic heterocycles. The van der Waals surface area contributed by atoms with Crippen LogP contribution in [0.5, 0.6) is 0 Å². The van der Waals surface area contributed by atoms with Gasteiger partial charge in [-0.05, 0) is 11.1 Å². The number of sulfone groups is 1. The Kier molecular flexibility index (Phi) is 4.16. The highest BCUT2D eigenvalue weighted by Crippen LogP contribution is 2.28. The monoisotopic (exact) mass is 337 g/mol. The molecule has 1 aliphatic heterocycles. The molecule has 0 saturated heterocycles. The summed E-state index contributed by atoms with van der Waals surface area (Å²) in [7, 11) is -3.26. The van der Waals surface area contributed by atoms with Crippen molar-refractivity contribution in [2.45, 2.75) is 18.3 Å². The van der Waals surface area contributed by atoms with Gasteiger partial charge in [-0.25, -0.2) is 12.8 Å². The zero-order valence-electron chi connectivity index (χ0n) is 12.3. The van der Waals surface area contributed by atoms with Gasteiger partial charge >= 0.3 is 0 Å². The van der Waals surface area contributed by atoms with Crippen molar-refractivity contribution in [3.05, 3.63) is 53.3 Å². The van der Waals surface area contributed by atoms with E-state index < -0.39 is 28.5 Å². The van der Waals surface area contributed by atoms with Crippen LogP contribution in [0.1, 0.15) is 27.5 Å². The van der Waals surface area contributed by atoms with Crippen LogP contribution in [-0.2, 0) is 22.1 Å². The number of aryl methyl sites for hydroxylation is 1. The van der Waals surface area contributed by atoms with Crippen LogP contribution < -0.4 is 5.32 Å². The largest absolute Gasteiger partial charge is 0.344 e. The number of fused-ring (bicyclic) bond motifs is 1. The fourth-order valence-electron chi connectivity index (χ4n) is 2.70. The molecule has 1 aliphatic rings. The van der Waals surface area contributed by atoms with Crippen molar-refractivity contribution in [1.29, 1.82) is 0 Å². The second-order valence-electron chi connectivity index (χ2n) is 5.46. The minimum Gasteiger partial charge on any atom is -0.344 e. The molecule has 0 saturated carbocycles. The Morgan fingerprint density at radius 3 is 2.96 bits per heavy atom. The van der Waals surface area contributed by atoms with Crippen molar-refractivity contribution >= 4 is 15.7 Å². The quantitative estimate of drug-likeness (QED) is 0.910. The lowest BCUT2D eigenvalue weighted by Gasteiger charge is -2.26. The molecule has 122 valence electrons. The van der Waals surface area contributed by atoms with Crippen LogP contribution in [0, 0.1) is 0 Å². The van der Waals surface area contributed by atoms with Gasteiger partial charge in [-0.1, -0.05) is 24.3 Å². The number of hydrogen-bond acceptors (Lipinski definition) is 4. The number of rotatable bonds is 4. The molecule has 1 atom stereocenters. The number of halogens is 1. The highest BCUT2D eigenvalue weighted by atomic mass is 32.2. The normalized spacial score (nSPS) is 19.1. The van der Waals surface area contributed by atoms with Gasteiger partial charge in [-0.2, -0.15) is 5.10 Å². The fraction of sp³-hybridized carbons (Fsp3) is 0.333. The first-order chi connectivity index (χ1) is 11.0. The van der Waals surface area contributed by atoms with Crippen LogP contribution in [0.3, 0.4) is 0 Å². The predicted octanol–water partition coefficient (Wildman–Crippen LogP) is 1.25. The number of nitrogens with zero attached hydrogens (tertiary/aromatic N) is 2. The van der Waals surface area contributed by atoms with Crippen LogP contribution >= 0.6 is 0 Å². The number of hydrogen-bond donors (Lipinski definition) is 1. The molecule has 3 rings (SSSR count). The van der Waals surface area contributed by atoms with Gasteiger partial charge in [0.15, 0.2) is 9.84 Å². The smallest absolute Gasteiger partial charge is 0.254 e. The summed E-state index contributed by atoms with van der Waals surface area (Å²) < 4.78 is 37.7. The van der Waals surface area contributed by atoms with Gasteiger partial charge in [0, 0.05) is 6.20 Å². The number of amides is 1. The summed E-state index contributed by atoms with van der Waals surface area (Å²) in [4.78, 5) is 12.3. The third kappa shape index (κ3) is 3.42. The molecule has 0 aliphatic carbocycles. The number of nitrogens with one attached hydrogen (secondary N) is 1. The molecule has 2 aromatic rings. The van der Waals surface area contributed by atoms with E-state index in [2.05, 4.69) is 10.4 Å². The Labute approximate surface area is 133 Å². The molecular weight excluding hydrogens is 321 g/mol. The molecule has 0 bridgehead atoms. The molecule has 1 aromatic carbocycles. The second kappa shape index (κ2) is 6.11. The van der Waals surface area contributed by atoms with Crippen LogP contribution in [0.15, 0.2) is 36.7 Å². The van der Waals surface area contributed by atoms with E-state index >= 15 is 0 Å². The Morgan fingerprint density at radius 2 is 2.17 bits per heavy atom. The van der Waals surface area contributed by atoms with E-state index in [1.165, 1.54) is 17.1 Å². The van der Waals surface area contributed by atoms with Crippen LogP contribution in [0.25, 0.3) is 0 Å². The third-order valence-corrected chi connectivity index (χ3v) is 5.33. The Hall–Kier alpha value is -2.22. The van der Waals surface area contributed by atoms with Crippen molar-refractivity contribution in [3.63, 3.8) is 0 Å². The van der Waals surface area contributed by atoms with Crippen molar-refractivity contribution in [2.75, 3.05) is 12.4 Å². The summed E-state index contributed by atoms with van der Waals surface area (Å²) in [5.41, 5.74) is 1.79. The van der Waals surface area contributed by atoms with Crippen LogP contribution in [0.4, 0.5) is 4.39 Å². The average molecular weight is 337 g/mol. The lowest BCUT2D eigenvalue weighted by atomic mass is 10.0.